The fraction of sp³-hybridized carbons (Fsp3) is 0.611. The molecule has 0 aromatic carbocycles. The highest BCUT2D eigenvalue weighted by molar-refractivity contribution is 5.66. The highest BCUT2D eigenvalue weighted by atomic mass is 16.4. The van der Waals surface area contributed by atoms with Crippen LogP contribution in [0.4, 0.5) is 0 Å². The number of carboxylic acids is 1. The SMILES string of the molecule is C=C.C=C.C=C.CCCCCCCCCCCC(=O)O. The van der Waals surface area contributed by atoms with Crippen molar-refractivity contribution in [3.63, 3.8) is 0 Å². The Balaban J connectivity index is -0.000000187. The summed E-state index contributed by atoms with van der Waals surface area (Å²) in [6.45, 7) is 20.2. The van der Waals surface area contributed by atoms with Gasteiger partial charge in [-0.1, -0.05) is 58.3 Å². The zero-order valence-electron chi connectivity index (χ0n) is 13.7. The van der Waals surface area contributed by atoms with E-state index in [0.29, 0.717) is 6.42 Å². The van der Waals surface area contributed by atoms with Crippen LogP contribution in [0.3, 0.4) is 0 Å². The summed E-state index contributed by atoms with van der Waals surface area (Å²) in [5.74, 6) is -0.659. The van der Waals surface area contributed by atoms with Gasteiger partial charge < -0.3 is 5.11 Å². The van der Waals surface area contributed by atoms with E-state index in [4.69, 9.17) is 5.11 Å². The Bertz CT molecular complexity index is 162. The van der Waals surface area contributed by atoms with E-state index in [1.807, 2.05) is 0 Å². The summed E-state index contributed by atoms with van der Waals surface area (Å²) in [4.78, 5) is 10.2. The second kappa shape index (κ2) is 36.1. The lowest BCUT2D eigenvalue weighted by molar-refractivity contribution is -0.137. The van der Waals surface area contributed by atoms with E-state index in [-0.39, 0.29) is 0 Å². The molecule has 0 aliphatic rings. The Labute approximate surface area is 127 Å². The van der Waals surface area contributed by atoms with Crippen LogP contribution in [-0.4, -0.2) is 11.1 Å². The molecule has 0 spiro atoms. The summed E-state index contributed by atoms with van der Waals surface area (Å²) in [6, 6.07) is 0. The molecule has 0 atom stereocenters. The Morgan fingerprint density at radius 3 is 1.30 bits per heavy atom. The topological polar surface area (TPSA) is 37.3 Å². The smallest absolute Gasteiger partial charge is 0.303 e. The van der Waals surface area contributed by atoms with E-state index in [0.717, 1.165) is 12.8 Å². The van der Waals surface area contributed by atoms with Crippen molar-refractivity contribution in [3.05, 3.63) is 39.5 Å². The van der Waals surface area contributed by atoms with Gasteiger partial charge in [-0.15, -0.1) is 39.5 Å². The molecule has 0 fully saturated rings. The van der Waals surface area contributed by atoms with Crippen molar-refractivity contribution in [1.29, 1.82) is 0 Å². The first kappa shape index (κ1) is 27.1. The monoisotopic (exact) mass is 284 g/mol. The maximum Gasteiger partial charge on any atom is 0.303 e. The van der Waals surface area contributed by atoms with Gasteiger partial charge in [0.15, 0.2) is 0 Å². The molecule has 2 heteroatoms. The normalized spacial score (nSPS) is 7.85. The third kappa shape index (κ3) is 43.8. The summed E-state index contributed by atoms with van der Waals surface area (Å²) >= 11 is 0. The molecule has 0 unspecified atom stereocenters. The maximum absolute atomic E-state index is 10.2. The molecule has 2 nitrogen and oxygen atoms in total. The minimum Gasteiger partial charge on any atom is -0.481 e. The molecule has 0 amide bonds. The zero-order valence-corrected chi connectivity index (χ0v) is 13.7. The van der Waals surface area contributed by atoms with Gasteiger partial charge in [-0.2, -0.15) is 0 Å². The van der Waals surface area contributed by atoms with Crippen LogP contribution in [0.25, 0.3) is 0 Å². The van der Waals surface area contributed by atoms with E-state index in [9.17, 15) is 4.79 Å². The third-order valence-electron chi connectivity index (χ3n) is 2.49. The molecule has 0 saturated carbocycles. The molecule has 0 aliphatic heterocycles. The summed E-state index contributed by atoms with van der Waals surface area (Å²) in [5, 5.41) is 8.41. The minimum absolute atomic E-state index is 0.343. The number of hydrogen-bond acceptors (Lipinski definition) is 1. The van der Waals surface area contributed by atoms with Crippen molar-refractivity contribution in [2.75, 3.05) is 0 Å². The lowest BCUT2D eigenvalue weighted by Gasteiger charge is -2.00. The number of unbranched alkanes of at least 4 members (excludes halogenated alkanes) is 8. The van der Waals surface area contributed by atoms with Gasteiger partial charge in [0.05, 0.1) is 0 Å². The summed E-state index contributed by atoms with van der Waals surface area (Å²) in [7, 11) is 0. The van der Waals surface area contributed by atoms with Gasteiger partial charge in [-0.05, 0) is 6.42 Å². The molecule has 0 aliphatic carbocycles. The maximum atomic E-state index is 10.2. The Kier molecular flexibility index (Phi) is 48.9. The molecule has 20 heavy (non-hydrogen) atoms. The van der Waals surface area contributed by atoms with Crippen molar-refractivity contribution >= 4 is 5.97 Å². The van der Waals surface area contributed by atoms with Gasteiger partial charge in [0.2, 0.25) is 0 Å². The molecule has 1 N–H and O–H groups in total. The van der Waals surface area contributed by atoms with E-state index < -0.39 is 5.97 Å². The molecule has 120 valence electrons. The molecule has 0 saturated heterocycles. The van der Waals surface area contributed by atoms with Crippen LogP contribution < -0.4 is 0 Å². The lowest BCUT2D eigenvalue weighted by Crippen LogP contribution is -1.93. The fourth-order valence-corrected chi connectivity index (χ4v) is 1.59. The molecule has 0 aromatic rings. The lowest BCUT2D eigenvalue weighted by atomic mass is 10.1. The Morgan fingerprint density at radius 1 is 0.700 bits per heavy atom. The predicted molar refractivity (Wildman–Crippen MR) is 93.2 cm³/mol. The average Bonchev–Trinajstić information content (AvgIpc) is 2.51. The first-order valence-electron chi connectivity index (χ1n) is 7.49. The fourth-order valence-electron chi connectivity index (χ4n) is 1.59. The number of hydrogen-bond donors (Lipinski definition) is 1. The van der Waals surface area contributed by atoms with E-state index in [2.05, 4.69) is 46.4 Å². The van der Waals surface area contributed by atoms with Crippen molar-refractivity contribution in [3.8, 4) is 0 Å². The van der Waals surface area contributed by atoms with Gasteiger partial charge in [0, 0.05) is 6.42 Å². The van der Waals surface area contributed by atoms with Crippen LogP contribution in [0, 0.1) is 0 Å². The number of carbonyl (C=O) groups is 1. The van der Waals surface area contributed by atoms with Crippen LogP contribution in [0.5, 0.6) is 0 Å². The molecule has 0 heterocycles. The predicted octanol–water partition coefficient (Wildman–Crippen LogP) is 6.40. The van der Waals surface area contributed by atoms with Crippen LogP contribution >= 0.6 is 0 Å². The second-order valence-electron chi connectivity index (χ2n) is 3.97. The van der Waals surface area contributed by atoms with Gasteiger partial charge in [-0.25, -0.2) is 0 Å². The van der Waals surface area contributed by atoms with Crippen LogP contribution in [0.15, 0.2) is 39.5 Å². The Morgan fingerprint density at radius 2 is 1.00 bits per heavy atom. The van der Waals surface area contributed by atoms with Crippen LogP contribution in [0.1, 0.15) is 71.1 Å². The van der Waals surface area contributed by atoms with Gasteiger partial charge in [0.1, 0.15) is 0 Å². The summed E-state index contributed by atoms with van der Waals surface area (Å²) in [5.41, 5.74) is 0. The third-order valence-corrected chi connectivity index (χ3v) is 2.49. The van der Waals surface area contributed by atoms with Crippen molar-refractivity contribution in [2.24, 2.45) is 0 Å². The minimum atomic E-state index is -0.659. The number of aliphatic carboxylic acids is 1. The molecule has 0 radical (unpaired) electrons. The highest BCUT2D eigenvalue weighted by Crippen LogP contribution is 2.10. The summed E-state index contributed by atoms with van der Waals surface area (Å²) < 4.78 is 0. The Hall–Kier alpha value is -1.31. The summed E-state index contributed by atoms with van der Waals surface area (Å²) in [6.07, 6.45) is 11.5. The average molecular weight is 284 g/mol. The standard InChI is InChI=1S/C12H24O2.3C2H4/c1-2-3-4-5-6-7-8-9-10-11-12(13)14;3*1-2/h2-11H2,1H3,(H,13,14);3*1-2H2. The van der Waals surface area contributed by atoms with Crippen molar-refractivity contribution in [1.82, 2.24) is 0 Å². The largest absolute Gasteiger partial charge is 0.481 e. The van der Waals surface area contributed by atoms with E-state index in [1.54, 1.807) is 0 Å². The first-order chi connectivity index (χ1) is 9.77. The molecule has 0 aromatic heterocycles. The number of carboxylic acid groups (broad SMARTS) is 1. The molecule has 0 bridgehead atoms. The molecule has 0 rings (SSSR count). The number of rotatable bonds is 10. The van der Waals surface area contributed by atoms with Gasteiger partial charge in [-0.3, -0.25) is 4.79 Å². The van der Waals surface area contributed by atoms with Crippen LogP contribution in [0.2, 0.25) is 0 Å². The zero-order chi connectivity index (χ0) is 16.6. The van der Waals surface area contributed by atoms with Crippen LogP contribution in [-0.2, 0) is 4.79 Å². The second-order valence-corrected chi connectivity index (χ2v) is 3.97. The first-order valence-corrected chi connectivity index (χ1v) is 7.49. The quantitative estimate of drug-likeness (QED) is 0.372. The van der Waals surface area contributed by atoms with Crippen molar-refractivity contribution in [2.45, 2.75) is 71.1 Å². The van der Waals surface area contributed by atoms with E-state index >= 15 is 0 Å². The van der Waals surface area contributed by atoms with E-state index in [1.165, 1.54) is 44.9 Å². The highest BCUT2D eigenvalue weighted by Gasteiger charge is 1.96. The van der Waals surface area contributed by atoms with Gasteiger partial charge >= 0.3 is 5.97 Å². The van der Waals surface area contributed by atoms with Gasteiger partial charge in [0.25, 0.3) is 0 Å². The van der Waals surface area contributed by atoms with Crippen molar-refractivity contribution < 1.29 is 9.90 Å². The molecular formula is C18H36O2. The molecular weight excluding hydrogens is 248 g/mol.